The highest BCUT2D eigenvalue weighted by molar-refractivity contribution is 8.00. The van der Waals surface area contributed by atoms with Crippen LogP contribution in [-0.4, -0.2) is 10.9 Å². The van der Waals surface area contributed by atoms with Gasteiger partial charge in [0.25, 0.3) is 0 Å². The molecule has 1 aromatic heterocycles. The van der Waals surface area contributed by atoms with Gasteiger partial charge in [-0.1, -0.05) is 47.1 Å². The Balaban J connectivity index is 1.56. The minimum Gasteiger partial charge on any atom is -0.326 e. The van der Waals surface area contributed by atoms with Crippen LogP contribution in [0, 0.1) is 13.8 Å². The fourth-order valence-corrected chi connectivity index (χ4v) is 5.03. The zero-order chi connectivity index (χ0) is 19.4. The van der Waals surface area contributed by atoms with E-state index in [1.807, 2.05) is 43.5 Å². The topological polar surface area (TPSA) is 42.0 Å². The van der Waals surface area contributed by atoms with Gasteiger partial charge in [0.2, 0.25) is 5.91 Å². The molecule has 0 aliphatic carbocycles. The molecule has 3 nitrogen and oxygen atoms in total. The second kappa shape index (κ2) is 9.11. The molecule has 7 heteroatoms. The minimum absolute atomic E-state index is 0.0670. The summed E-state index contributed by atoms with van der Waals surface area (Å²) in [5.74, 6) is 0.639. The van der Waals surface area contributed by atoms with Crippen LogP contribution in [0.3, 0.4) is 0 Å². The maximum Gasteiger partial charge on any atom is 0.230 e. The van der Waals surface area contributed by atoms with Crippen molar-refractivity contribution >= 4 is 57.9 Å². The van der Waals surface area contributed by atoms with E-state index in [0.717, 1.165) is 32.4 Å². The van der Waals surface area contributed by atoms with Crippen LogP contribution < -0.4 is 5.32 Å². The summed E-state index contributed by atoms with van der Waals surface area (Å²) < 4.78 is 0.912. The van der Waals surface area contributed by atoms with Gasteiger partial charge < -0.3 is 5.32 Å². The Kier molecular flexibility index (Phi) is 6.82. The molecule has 0 aliphatic heterocycles. The molecule has 27 heavy (non-hydrogen) atoms. The van der Waals surface area contributed by atoms with Gasteiger partial charge >= 0.3 is 0 Å². The SMILES string of the molecule is Cc1cc(C)cc(NC(=O)Cc2csc(SCc3ccc(Cl)cc3Cl)n2)c1. The highest BCUT2D eigenvalue weighted by atomic mass is 35.5. The van der Waals surface area contributed by atoms with E-state index in [2.05, 4.69) is 16.4 Å². The van der Waals surface area contributed by atoms with Crippen molar-refractivity contribution in [3.63, 3.8) is 0 Å². The summed E-state index contributed by atoms with van der Waals surface area (Å²) in [6, 6.07) is 11.5. The zero-order valence-electron chi connectivity index (χ0n) is 14.9. The molecule has 0 saturated carbocycles. The number of nitrogens with one attached hydrogen (secondary N) is 1. The third kappa shape index (κ3) is 5.98. The van der Waals surface area contributed by atoms with Crippen molar-refractivity contribution in [3.8, 4) is 0 Å². The van der Waals surface area contributed by atoms with Gasteiger partial charge in [-0.15, -0.1) is 11.3 Å². The Hall–Kier alpha value is -1.53. The normalized spacial score (nSPS) is 10.8. The number of anilines is 1. The lowest BCUT2D eigenvalue weighted by molar-refractivity contribution is -0.115. The number of thioether (sulfide) groups is 1. The maximum atomic E-state index is 12.3. The van der Waals surface area contributed by atoms with Crippen molar-refractivity contribution in [2.75, 3.05) is 5.32 Å². The van der Waals surface area contributed by atoms with Gasteiger partial charge in [-0.05, 0) is 54.8 Å². The number of carbonyl (C=O) groups excluding carboxylic acids is 1. The van der Waals surface area contributed by atoms with Crippen LogP contribution in [0.4, 0.5) is 5.69 Å². The maximum absolute atomic E-state index is 12.3. The number of thiazole rings is 1. The van der Waals surface area contributed by atoms with Gasteiger partial charge in [-0.25, -0.2) is 4.98 Å². The molecule has 3 aromatic rings. The molecule has 0 spiro atoms. The first kappa shape index (κ1) is 20.2. The van der Waals surface area contributed by atoms with Gasteiger partial charge in [0.15, 0.2) is 0 Å². The smallest absolute Gasteiger partial charge is 0.230 e. The number of rotatable bonds is 6. The second-order valence-electron chi connectivity index (χ2n) is 6.23. The molecule has 2 aromatic carbocycles. The number of aromatic nitrogens is 1. The molecule has 0 saturated heterocycles. The predicted molar refractivity (Wildman–Crippen MR) is 116 cm³/mol. The van der Waals surface area contributed by atoms with Crippen LogP contribution in [0.1, 0.15) is 22.4 Å². The van der Waals surface area contributed by atoms with Gasteiger partial charge in [0, 0.05) is 26.9 Å². The molecular formula is C20H18Cl2N2OS2. The van der Waals surface area contributed by atoms with Crippen molar-refractivity contribution in [2.45, 2.75) is 30.4 Å². The van der Waals surface area contributed by atoms with E-state index >= 15 is 0 Å². The van der Waals surface area contributed by atoms with Gasteiger partial charge in [-0.2, -0.15) is 0 Å². The van der Waals surface area contributed by atoms with E-state index in [-0.39, 0.29) is 12.3 Å². The first-order valence-electron chi connectivity index (χ1n) is 8.28. The first-order chi connectivity index (χ1) is 12.9. The molecule has 0 aliphatic rings. The lowest BCUT2D eigenvalue weighted by atomic mass is 10.1. The average molecular weight is 437 g/mol. The van der Waals surface area contributed by atoms with Crippen LogP contribution in [0.5, 0.6) is 0 Å². The average Bonchev–Trinajstić information content (AvgIpc) is 3.00. The molecule has 0 radical (unpaired) electrons. The molecule has 1 heterocycles. The summed E-state index contributed by atoms with van der Waals surface area (Å²) in [4.78, 5) is 16.8. The van der Waals surface area contributed by atoms with Crippen LogP contribution >= 0.6 is 46.3 Å². The molecular weight excluding hydrogens is 419 g/mol. The van der Waals surface area contributed by atoms with Crippen LogP contribution in [0.2, 0.25) is 10.0 Å². The highest BCUT2D eigenvalue weighted by Gasteiger charge is 2.10. The molecule has 140 valence electrons. The standard InChI is InChI=1S/C20H18Cl2N2OS2/c1-12-5-13(2)7-16(6-12)23-19(25)9-17-11-27-20(24-17)26-10-14-3-4-15(21)8-18(14)22/h3-8,11H,9-10H2,1-2H3,(H,23,25). The molecule has 0 unspecified atom stereocenters. The van der Waals surface area contributed by atoms with Gasteiger partial charge in [-0.3, -0.25) is 4.79 Å². The first-order valence-corrected chi connectivity index (χ1v) is 10.9. The van der Waals surface area contributed by atoms with Crippen LogP contribution in [-0.2, 0) is 17.0 Å². The fourth-order valence-electron chi connectivity index (χ4n) is 2.63. The Morgan fingerprint density at radius 3 is 2.59 bits per heavy atom. The van der Waals surface area contributed by atoms with Crippen molar-refractivity contribution in [2.24, 2.45) is 0 Å². The van der Waals surface area contributed by atoms with Crippen molar-refractivity contribution in [1.82, 2.24) is 4.98 Å². The molecule has 3 rings (SSSR count). The summed E-state index contributed by atoms with van der Waals surface area (Å²) in [6.45, 7) is 4.03. The van der Waals surface area contributed by atoms with Crippen LogP contribution in [0.15, 0.2) is 46.1 Å². The summed E-state index contributed by atoms with van der Waals surface area (Å²) in [5.41, 5.74) is 4.85. The Morgan fingerprint density at radius 1 is 1.15 bits per heavy atom. The summed E-state index contributed by atoms with van der Waals surface area (Å²) in [6.07, 6.45) is 0.256. The lowest BCUT2D eigenvalue weighted by Crippen LogP contribution is -2.14. The molecule has 0 atom stereocenters. The van der Waals surface area contributed by atoms with Crippen molar-refractivity contribution in [3.05, 3.63) is 74.2 Å². The van der Waals surface area contributed by atoms with E-state index in [1.54, 1.807) is 17.8 Å². The number of aryl methyl sites for hydroxylation is 2. The zero-order valence-corrected chi connectivity index (χ0v) is 18.0. The van der Waals surface area contributed by atoms with Gasteiger partial charge in [0.05, 0.1) is 12.1 Å². The number of hydrogen-bond donors (Lipinski definition) is 1. The van der Waals surface area contributed by atoms with E-state index in [1.165, 1.54) is 11.3 Å². The van der Waals surface area contributed by atoms with E-state index in [4.69, 9.17) is 23.2 Å². The number of halogens is 2. The minimum atomic E-state index is -0.0670. The van der Waals surface area contributed by atoms with E-state index < -0.39 is 0 Å². The van der Waals surface area contributed by atoms with E-state index in [0.29, 0.717) is 15.8 Å². The second-order valence-corrected chi connectivity index (χ2v) is 9.15. The highest BCUT2D eigenvalue weighted by Crippen LogP contribution is 2.30. The van der Waals surface area contributed by atoms with Crippen LogP contribution in [0.25, 0.3) is 0 Å². The molecule has 0 bridgehead atoms. The lowest BCUT2D eigenvalue weighted by Gasteiger charge is -2.06. The number of nitrogens with zero attached hydrogens (tertiary/aromatic N) is 1. The largest absolute Gasteiger partial charge is 0.326 e. The molecule has 1 amide bonds. The quantitative estimate of drug-likeness (QED) is 0.445. The Labute approximate surface area is 177 Å². The summed E-state index contributed by atoms with van der Waals surface area (Å²) in [5, 5.41) is 6.14. The number of carbonyl (C=O) groups is 1. The van der Waals surface area contributed by atoms with Gasteiger partial charge in [0.1, 0.15) is 4.34 Å². The fraction of sp³-hybridized carbons (Fsp3) is 0.200. The van der Waals surface area contributed by atoms with E-state index in [9.17, 15) is 4.79 Å². The number of amides is 1. The monoisotopic (exact) mass is 436 g/mol. The number of hydrogen-bond acceptors (Lipinski definition) is 4. The third-order valence-electron chi connectivity index (χ3n) is 3.74. The summed E-state index contributed by atoms with van der Waals surface area (Å²) in [7, 11) is 0. The summed E-state index contributed by atoms with van der Waals surface area (Å²) >= 11 is 15.3. The van der Waals surface area contributed by atoms with Crippen molar-refractivity contribution in [1.29, 1.82) is 0 Å². The molecule has 0 fully saturated rings. The number of benzene rings is 2. The molecule has 1 N–H and O–H groups in total. The Morgan fingerprint density at radius 2 is 1.89 bits per heavy atom. The Bertz CT molecular complexity index is 952. The predicted octanol–water partition coefficient (Wildman–Crippen LogP) is 6.54. The van der Waals surface area contributed by atoms with Crippen molar-refractivity contribution < 1.29 is 4.79 Å². The third-order valence-corrected chi connectivity index (χ3v) is 6.45.